The smallest absolute Gasteiger partial charge is 0.0536 e. The number of rotatable bonds is 7. The van der Waals surface area contributed by atoms with E-state index in [9.17, 15) is 0 Å². The fourth-order valence-electron chi connectivity index (χ4n) is 2.73. The topological polar surface area (TPSA) is 24.3 Å². The Hall–Kier alpha value is -0.870. The van der Waals surface area contributed by atoms with Crippen LogP contribution in [0.1, 0.15) is 26.7 Å². The lowest BCUT2D eigenvalue weighted by Crippen LogP contribution is -2.41. The summed E-state index contributed by atoms with van der Waals surface area (Å²) in [5, 5.41) is 4.26. The molecule has 0 aromatic carbocycles. The van der Waals surface area contributed by atoms with E-state index in [4.69, 9.17) is 0 Å². The van der Waals surface area contributed by atoms with Gasteiger partial charge in [-0.15, -0.1) is 0 Å². The molecule has 0 saturated carbocycles. The van der Waals surface area contributed by atoms with Crippen LogP contribution < -0.4 is 0 Å². The Balaban J connectivity index is 1.74. The first-order chi connectivity index (χ1) is 8.79. The monoisotopic (exact) mass is 250 g/mol. The van der Waals surface area contributed by atoms with Crippen LogP contribution in [0.2, 0.25) is 0 Å². The zero-order chi connectivity index (χ0) is 12.8. The van der Waals surface area contributed by atoms with Crippen molar-refractivity contribution in [2.45, 2.75) is 39.3 Å². The number of hydrogen-bond donors (Lipinski definition) is 0. The third-order valence-electron chi connectivity index (χ3n) is 3.94. The molecule has 0 bridgehead atoms. The zero-order valence-corrected chi connectivity index (χ0v) is 11.8. The molecular weight excluding hydrogens is 224 g/mol. The Morgan fingerprint density at radius 2 is 2.11 bits per heavy atom. The molecule has 1 unspecified atom stereocenters. The second-order valence-electron chi connectivity index (χ2n) is 5.25. The molecule has 4 nitrogen and oxygen atoms in total. The van der Waals surface area contributed by atoms with Crippen molar-refractivity contribution in [1.82, 2.24) is 19.6 Å². The molecule has 1 aromatic heterocycles. The van der Waals surface area contributed by atoms with Gasteiger partial charge in [-0.05, 0) is 45.5 Å². The molecule has 18 heavy (non-hydrogen) atoms. The fourth-order valence-corrected chi connectivity index (χ4v) is 2.73. The summed E-state index contributed by atoms with van der Waals surface area (Å²) in [5.74, 6) is 0. The van der Waals surface area contributed by atoms with Crippen molar-refractivity contribution in [3.05, 3.63) is 18.5 Å². The maximum atomic E-state index is 4.26. The van der Waals surface area contributed by atoms with Gasteiger partial charge in [0.1, 0.15) is 0 Å². The predicted molar refractivity (Wildman–Crippen MR) is 74.6 cm³/mol. The average Bonchev–Trinajstić information content (AvgIpc) is 3.05. The van der Waals surface area contributed by atoms with E-state index < -0.39 is 0 Å². The van der Waals surface area contributed by atoms with E-state index in [-0.39, 0.29) is 0 Å². The standard InChI is InChI=1S/C14H26N4/c1-3-16(11-12-18-10-6-7-15-18)13-14(2)17-8-4-5-9-17/h6-7,10,14H,3-5,8-9,11-13H2,1-2H3. The van der Waals surface area contributed by atoms with Crippen molar-refractivity contribution in [1.29, 1.82) is 0 Å². The molecule has 2 heterocycles. The quantitative estimate of drug-likeness (QED) is 0.736. The fraction of sp³-hybridized carbons (Fsp3) is 0.786. The van der Waals surface area contributed by atoms with Crippen molar-refractivity contribution in [3.8, 4) is 0 Å². The molecule has 1 aliphatic rings. The van der Waals surface area contributed by atoms with Gasteiger partial charge >= 0.3 is 0 Å². The minimum absolute atomic E-state index is 0.685. The van der Waals surface area contributed by atoms with E-state index in [2.05, 4.69) is 28.7 Å². The molecule has 0 aliphatic carbocycles. The normalized spacial score (nSPS) is 18.6. The molecule has 1 fully saturated rings. The van der Waals surface area contributed by atoms with Crippen LogP contribution in [-0.2, 0) is 6.54 Å². The van der Waals surface area contributed by atoms with E-state index in [0.29, 0.717) is 6.04 Å². The molecule has 2 rings (SSSR count). The van der Waals surface area contributed by atoms with Gasteiger partial charge in [-0.3, -0.25) is 9.58 Å². The number of hydrogen-bond acceptors (Lipinski definition) is 3. The van der Waals surface area contributed by atoms with E-state index in [0.717, 1.165) is 19.6 Å². The van der Waals surface area contributed by atoms with Gasteiger partial charge in [-0.1, -0.05) is 6.92 Å². The van der Waals surface area contributed by atoms with E-state index >= 15 is 0 Å². The van der Waals surface area contributed by atoms with Crippen LogP contribution in [0.25, 0.3) is 0 Å². The first-order valence-electron chi connectivity index (χ1n) is 7.23. The van der Waals surface area contributed by atoms with Gasteiger partial charge in [0.25, 0.3) is 0 Å². The lowest BCUT2D eigenvalue weighted by atomic mass is 10.2. The largest absolute Gasteiger partial charge is 0.300 e. The number of likely N-dealkylation sites (tertiary alicyclic amines) is 1. The Bertz CT molecular complexity index is 317. The van der Waals surface area contributed by atoms with Crippen molar-refractivity contribution in [2.75, 3.05) is 32.7 Å². The van der Waals surface area contributed by atoms with Crippen molar-refractivity contribution >= 4 is 0 Å². The van der Waals surface area contributed by atoms with Gasteiger partial charge in [0.15, 0.2) is 0 Å². The highest BCUT2D eigenvalue weighted by atomic mass is 15.3. The Labute approximate surface area is 111 Å². The summed E-state index contributed by atoms with van der Waals surface area (Å²) >= 11 is 0. The third-order valence-corrected chi connectivity index (χ3v) is 3.94. The summed E-state index contributed by atoms with van der Waals surface area (Å²) in [4.78, 5) is 5.15. The van der Waals surface area contributed by atoms with Gasteiger partial charge in [-0.25, -0.2) is 0 Å². The summed E-state index contributed by atoms with van der Waals surface area (Å²) in [7, 11) is 0. The SMILES string of the molecule is CCN(CCn1cccn1)CC(C)N1CCCC1. The molecule has 4 heteroatoms. The third kappa shape index (κ3) is 3.82. The Morgan fingerprint density at radius 3 is 2.72 bits per heavy atom. The highest BCUT2D eigenvalue weighted by molar-refractivity contribution is 4.79. The molecule has 1 atom stereocenters. The Kier molecular flexibility index (Phi) is 5.20. The number of nitrogens with zero attached hydrogens (tertiary/aromatic N) is 4. The summed E-state index contributed by atoms with van der Waals surface area (Å²) < 4.78 is 2.02. The Morgan fingerprint density at radius 1 is 1.33 bits per heavy atom. The molecule has 1 aromatic rings. The number of aromatic nitrogens is 2. The van der Waals surface area contributed by atoms with Crippen molar-refractivity contribution in [2.24, 2.45) is 0 Å². The van der Waals surface area contributed by atoms with Gasteiger partial charge in [-0.2, -0.15) is 5.10 Å². The van der Waals surface area contributed by atoms with Crippen LogP contribution in [0.15, 0.2) is 18.5 Å². The lowest BCUT2D eigenvalue weighted by molar-refractivity contribution is 0.171. The summed E-state index contributed by atoms with van der Waals surface area (Å²) in [6.45, 7) is 11.6. The molecule has 0 spiro atoms. The lowest BCUT2D eigenvalue weighted by Gasteiger charge is -2.30. The van der Waals surface area contributed by atoms with Crippen LogP contribution in [-0.4, -0.2) is 58.3 Å². The van der Waals surface area contributed by atoms with Crippen molar-refractivity contribution < 1.29 is 0 Å². The average molecular weight is 250 g/mol. The summed E-state index contributed by atoms with van der Waals surface area (Å²) in [5.41, 5.74) is 0. The zero-order valence-electron chi connectivity index (χ0n) is 11.8. The van der Waals surface area contributed by atoms with Gasteiger partial charge in [0, 0.05) is 31.5 Å². The van der Waals surface area contributed by atoms with Gasteiger partial charge < -0.3 is 4.90 Å². The number of likely N-dealkylation sites (N-methyl/N-ethyl adjacent to an activating group) is 1. The molecule has 102 valence electrons. The first-order valence-corrected chi connectivity index (χ1v) is 7.23. The van der Waals surface area contributed by atoms with Gasteiger partial charge in [0.2, 0.25) is 0 Å². The molecule has 0 radical (unpaired) electrons. The summed E-state index contributed by atoms with van der Waals surface area (Å²) in [6.07, 6.45) is 6.65. The maximum Gasteiger partial charge on any atom is 0.0536 e. The molecular formula is C14H26N4. The second kappa shape index (κ2) is 6.90. The van der Waals surface area contributed by atoms with E-state index in [1.54, 1.807) is 0 Å². The van der Waals surface area contributed by atoms with E-state index in [1.165, 1.54) is 32.5 Å². The van der Waals surface area contributed by atoms with Crippen LogP contribution in [0.5, 0.6) is 0 Å². The van der Waals surface area contributed by atoms with Crippen LogP contribution in [0.4, 0.5) is 0 Å². The second-order valence-corrected chi connectivity index (χ2v) is 5.25. The summed E-state index contributed by atoms with van der Waals surface area (Å²) in [6, 6.07) is 2.67. The molecule has 0 amide bonds. The predicted octanol–water partition coefficient (Wildman–Crippen LogP) is 1.69. The first kappa shape index (κ1) is 13.6. The van der Waals surface area contributed by atoms with Crippen LogP contribution >= 0.6 is 0 Å². The van der Waals surface area contributed by atoms with Crippen molar-refractivity contribution in [3.63, 3.8) is 0 Å². The minimum atomic E-state index is 0.685. The minimum Gasteiger partial charge on any atom is -0.300 e. The van der Waals surface area contributed by atoms with Gasteiger partial charge in [0.05, 0.1) is 6.54 Å². The van der Waals surface area contributed by atoms with Crippen LogP contribution in [0.3, 0.4) is 0 Å². The highest BCUT2D eigenvalue weighted by Crippen LogP contribution is 2.12. The molecule has 1 aliphatic heterocycles. The molecule has 0 N–H and O–H groups in total. The maximum absolute atomic E-state index is 4.26. The van der Waals surface area contributed by atoms with Crippen LogP contribution in [0, 0.1) is 0 Å². The van der Waals surface area contributed by atoms with E-state index in [1.807, 2.05) is 23.1 Å². The molecule has 1 saturated heterocycles. The highest BCUT2D eigenvalue weighted by Gasteiger charge is 2.19.